The van der Waals surface area contributed by atoms with E-state index in [-0.39, 0.29) is 47.5 Å². The van der Waals surface area contributed by atoms with Crippen molar-refractivity contribution in [2.45, 2.75) is 17.4 Å². The third-order valence-corrected chi connectivity index (χ3v) is 8.07. The summed E-state index contributed by atoms with van der Waals surface area (Å²) in [5, 5.41) is 0. The first-order chi connectivity index (χ1) is 17.4. The Hall–Kier alpha value is -3.61. The van der Waals surface area contributed by atoms with E-state index in [0.29, 0.717) is 18.6 Å². The Morgan fingerprint density at radius 2 is 1.69 bits per heavy atom. The van der Waals surface area contributed by atoms with Crippen molar-refractivity contribution in [1.82, 2.24) is 23.3 Å². The van der Waals surface area contributed by atoms with Crippen molar-refractivity contribution in [3.63, 3.8) is 0 Å². The molecule has 2 amide bonds. The van der Waals surface area contributed by atoms with Gasteiger partial charge in [-0.1, -0.05) is 36.4 Å². The molecule has 2 aromatic heterocycles. The Kier molecular flexibility index (Phi) is 6.81. The minimum Gasteiger partial charge on any atom is -0.459 e. The third kappa shape index (κ3) is 5.01. The molecule has 0 bridgehead atoms. The lowest BCUT2D eigenvalue weighted by Gasteiger charge is -2.36. The molecule has 186 valence electrons. The second-order valence-corrected chi connectivity index (χ2v) is 10.6. The summed E-state index contributed by atoms with van der Waals surface area (Å²) in [5.41, 5.74) is 1.57. The molecule has 3 heterocycles. The Morgan fingerprint density at radius 1 is 0.944 bits per heavy atom. The van der Waals surface area contributed by atoms with Crippen molar-refractivity contribution < 1.29 is 22.4 Å². The van der Waals surface area contributed by atoms with E-state index >= 15 is 0 Å². The van der Waals surface area contributed by atoms with Crippen LogP contribution in [0.4, 0.5) is 0 Å². The van der Waals surface area contributed by atoms with E-state index in [9.17, 15) is 18.0 Å². The van der Waals surface area contributed by atoms with Crippen LogP contribution in [0.5, 0.6) is 0 Å². The standard InChI is InChI=1S/C24H23N5O5S2/c30-23(28-11-13-29(14-12-28)24(31)20-9-5-15-34-20)19(16-17-6-2-1-3-7-17)27-36(32,33)21-10-4-8-18-22(21)26-35-25-18/h1-10,15,19,27H,11-14,16H2/t19-/m0/s1. The van der Waals surface area contributed by atoms with Gasteiger partial charge in [0.15, 0.2) is 5.76 Å². The van der Waals surface area contributed by atoms with Gasteiger partial charge in [-0.15, -0.1) is 0 Å². The first-order valence-corrected chi connectivity index (χ1v) is 13.5. The van der Waals surface area contributed by atoms with Gasteiger partial charge in [-0.05, 0) is 36.2 Å². The van der Waals surface area contributed by atoms with Crippen molar-refractivity contribution >= 4 is 44.6 Å². The molecule has 1 atom stereocenters. The first-order valence-electron chi connectivity index (χ1n) is 11.3. The van der Waals surface area contributed by atoms with Gasteiger partial charge < -0.3 is 14.2 Å². The molecule has 4 aromatic rings. The number of fused-ring (bicyclic) bond motifs is 1. The van der Waals surface area contributed by atoms with E-state index in [0.717, 1.165) is 17.3 Å². The number of amides is 2. The van der Waals surface area contributed by atoms with Crippen LogP contribution in [-0.2, 0) is 21.2 Å². The van der Waals surface area contributed by atoms with Crippen LogP contribution in [-0.4, -0.2) is 71.0 Å². The van der Waals surface area contributed by atoms with Gasteiger partial charge in [0, 0.05) is 26.2 Å². The highest BCUT2D eigenvalue weighted by molar-refractivity contribution is 7.89. The number of hydrogen-bond donors (Lipinski definition) is 1. The zero-order valence-electron chi connectivity index (χ0n) is 19.1. The van der Waals surface area contributed by atoms with Gasteiger partial charge in [-0.2, -0.15) is 13.5 Å². The molecule has 0 spiro atoms. The predicted octanol–water partition coefficient (Wildman–Crippen LogP) is 2.16. The number of carbonyl (C=O) groups excluding carboxylic acids is 2. The van der Waals surface area contributed by atoms with Crippen LogP contribution in [0.25, 0.3) is 11.0 Å². The highest BCUT2D eigenvalue weighted by Crippen LogP contribution is 2.22. The van der Waals surface area contributed by atoms with Gasteiger partial charge in [-0.3, -0.25) is 9.59 Å². The van der Waals surface area contributed by atoms with Gasteiger partial charge in [0.2, 0.25) is 15.9 Å². The van der Waals surface area contributed by atoms with Gasteiger partial charge >= 0.3 is 0 Å². The quantitative estimate of drug-likeness (QED) is 0.392. The average molecular weight is 526 g/mol. The number of piperazine rings is 1. The van der Waals surface area contributed by atoms with Crippen molar-refractivity contribution in [2.24, 2.45) is 0 Å². The van der Waals surface area contributed by atoms with Crippen LogP contribution in [0.3, 0.4) is 0 Å². The normalized spacial score (nSPS) is 15.2. The molecular weight excluding hydrogens is 502 g/mol. The molecule has 0 saturated carbocycles. The zero-order chi connectivity index (χ0) is 25.1. The Balaban J connectivity index is 1.35. The molecule has 12 heteroatoms. The van der Waals surface area contributed by atoms with Crippen molar-refractivity contribution in [3.8, 4) is 0 Å². The maximum Gasteiger partial charge on any atom is 0.289 e. The number of furan rings is 1. The summed E-state index contributed by atoms with van der Waals surface area (Å²) in [6.45, 7) is 1.20. The summed E-state index contributed by atoms with van der Waals surface area (Å²) in [7, 11) is -4.08. The molecule has 0 aliphatic carbocycles. The fraction of sp³-hybridized carbons (Fsp3) is 0.250. The Bertz CT molecular complexity index is 1460. The highest BCUT2D eigenvalue weighted by Gasteiger charge is 2.33. The molecule has 1 aliphatic heterocycles. The van der Waals surface area contributed by atoms with E-state index in [2.05, 4.69) is 13.5 Å². The number of rotatable bonds is 7. The maximum atomic E-state index is 13.6. The Labute approximate surface area is 211 Å². The molecule has 2 aromatic carbocycles. The molecule has 1 fully saturated rings. The lowest BCUT2D eigenvalue weighted by atomic mass is 10.1. The van der Waals surface area contributed by atoms with Crippen LogP contribution < -0.4 is 4.72 Å². The Morgan fingerprint density at radius 3 is 2.42 bits per heavy atom. The summed E-state index contributed by atoms with van der Waals surface area (Å²) in [4.78, 5) is 29.3. The SMILES string of the molecule is O=C(c1ccco1)N1CCN(C(=O)[C@H](Cc2ccccc2)NS(=O)(=O)c2cccc3nsnc23)CC1. The lowest BCUT2D eigenvalue weighted by Crippen LogP contribution is -2.56. The number of benzene rings is 2. The number of nitrogens with zero attached hydrogens (tertiary/aromatic N) is 4. The molecular formula is C24H23N5O5S2. The maximum absolute atomic E-state index is 13.6. The van der Waals surface area contributed by atoms with Crippen molar-refractivity contribution in [1.29, 1.82) is 0 Å². The number of carbonyl (C=O) groups is 2. The van der Waals surface area contributed by atoms with E-state index in [1.165, 1.54) is 12.3 Å². The van der Waals surface area contributed by atoms with Crippen LogP contribution >= 0.6 is 11.7 Å². The highest BCUT2D eigenvalue weighted by atomic mass is 32.2. The second kappa shape index (κ2) is 10.2. The minimum absolute atomic E-state index is 0.0199. The lowest BCUT2D eigenvalue weighted by molar-refractivity contribution is -0.134. The first kappa shape index (κ1) is 24.1. The van der Waals surface area contributed by atoms with Gasteiger partial charge in [0.1, 0.15) is 22.0 Å². The molecule has 0 unspecified atom stereocenters. The van der Waals surface area contributed by atoms with Crippen molar-refractivity contribution in [2.75, 3.05) is 26.2 Å². The fourth-order valence-corrected chi connectivity index (χ4v) is 6.14. The molecule has 5 rings (SSSR count). The average Bonchev–Trinajstić information content (AvgIpc) is 3.60. The third-order valence-electron chi connectivity index (χ3n) is 6.03. The van der Waals surface area contributed by atoms with Crippen molar-refractivity contribution in [3.05, 3.63) is 78.3 Å². The topological polar surface area (TPSA) is 126 Å². The molecule has 36 heavy (non-hydrogen) atoms. The largest absolute Gasteiger partial charge is 0.459 e. The summed E-state index contributed by atoms with van der Waals surface area (Å²) < 4.78 is 42.8. The van der Waals surface area contributed by atoms with E-state index in [1.54, 1.807) is 34.1 Å². The minimum atomic E-state index is -4.08. The number of hydrogen-bond acceptors (Lipinski definition) is 8. The molecule has 1 N–H and O–H groups in total. The molecule has 10 nitrogen and oxygen atoms in total. The smallest absolute Gasteiger partial charge is 0.289 e. The second-order valence-electron chi connectivity index (χ2n) is 8.35. The number of sulfonamides is 1. The fourth-order valence-electron chi connectivity index (χ4n) is 4.18. The summed E-state index contributed by atoms with van der Waals surface area (Å²) in [6.07, 6.45) is 1.62. The van der Waals surface area contributed by atoms with Gasteiger partial charge in [-0.25, -0.2) is 8.42 Å². The van der Waals surface area contributed by atoms with Gasteiger partial charge in [0.25, 0.3) is 5.91 Å². The summed E-state index contributed by atoms with van der Waals surface area (Å²) >= 11 is 0.929. The summed E-state index contributed by atoms with van der Waals surface area (Å²) in [5.74, 6) is -0.343. The van der Waals surface area contributed by atoms with Crippen LogP contribution in [0.15, 0.2) is 76.2 Å². The molecule has 1 aliphatic rings. The predicted molar refractivity (Wildman–Crippen MR) is 133 cm³/mol. The zero-order valence-corrected chi connectivity index (χ0v) is 20.7. The van der Waals surface area contributed by atoms with E-state index in [4.69, 9.17) is 4.42 Å². The molecule has 1 saturated heterocycles. The summed E-state index contributed by atoms with van der Waals surface area (Å²) in [6, 6.07) is 16.2. The number of nitrogens with one attached hydrogen (secondary N) is 1. The monoisotopic (exact) mass is 525 g/mol. The van der Waals surface area contributed by atoms with E-state index in [1.807, 2.05) is 30.3 Å². The molecule has 0 radical (unpaired) electrons. The van der Waals surface area contributed by atoms with Crippen LogP contribution in [0, 0.1) is 0 Å². The number of aromatic nitrogens is 2. The van der Waals surface area contributed by atoms with Gasteiger partial charge in [0.05, 0.1) is 18.0 Å². The van der Waals surface area contributed by atoms with Crippen LogP contribution in [0.2, 0.25) is 0 Å². The van der Waals surface area contributed by atoms with E-state index < -0.39 is 16.1 Å². The van der Waals surface area contributed by atoms with Crippen LogP contribution in [0.1, 0.15) is 16.1 Å².